The van der Waals surface area contributed by atoms with Gasteiger partial charge < -0.3 is 9.88 Å². The van der Waals surface area contributed by atoms with Crippen LogP contribution in [0.1, 0.15) is 45.9 Å². The molecule has 2 aromatic heterocycles. The molecule has 0 aliphatic heterocycles. The van der Waals surface area contributed by atoms with Gasteiger partial charge in [-0.15, -0.1) is 0 Å². The fourth-order valence-corrected chi connectivity index (χ4v) is 3.81. The van der Waals surface area contributed by atoms with E-state index in [9.17, 15) is 4.79 Å². The van der Waals surface area contributed by atoms with Gasteiger partial charge in [-0.2, -0.15) is 5.10 Å². The number of hydrogen-bond acceptors (Lipinski definition) is 3. The Balaban J connectivity index is 1.41. The monoisotopic (exact) mass is 397 g/mol. The molecule has 0 bridgehead atoms. The van der Waals surface area contributed by atoms with Crippen LogP contribution in [-0.2, 0) is 6.54 Å². The van der Waals surface area contributed by atoms with Crippen LogP contribution in [0, 0.1) is 6.92 Å². The van der Waals surface area contributed by atoms with Crippen molar-refractivity contribution in [2.24, 2.45) is 0 Å². The minimum absolute atomic E-state index is 0.114. The lowest BCUT2D eigenvalue weighted by molar-refractivity contribution is 0.102. The number of imidazole rings is 1. The predicted molar refractivity (Wildman–Crippen MR) is 116 cm³/mol. The summed E-state index contributed by atoms with van der Waals surface area (Å²) < 4.78 is 3.94. The van der Waals surface area contributed by atoms with Crippen molar-refractivity contribution in [3.8, 4) is 5.69 Å². The molecule has 0 atom stereocenters. The van der Waals surface area contributed by atoms with Gasteiger partial charge in [-0.05, 0) is 49.1 Å². The maximum atomic E-state index is 13.1. The van der Waals surface area contributed by atoms with Crippen LogP contribution in [0.5, 0.6) is 0 Å². The van der Waals surface area contributed by atoms with E-state index < -0.39 is 0 Å². The van der Waals surface area contributed by atoms with E-state index in [1.165, 1.54) is 0 Å². The number of para-hydroxylation sites is 1. The molecule has 1 aliphatic rings. The van der Waals surface area contributed by atoms with Gasteiger partial charge in [-0.3, -0.25) is 4.79 Å². The quantitative estimate of drug-likeness (QED) is 0.519. The van der Waals surface area contributed by atoms with Crippen molar-refractivity contribution in [1.29, 1.82) is 0 Å². The highest BCUT2D eigenvalue weighted by Gasteiger charge is 2.33. The summed E-state index contributed by atoms with van der Waals surface area (Å²) in [6.07, 6.45) is 9.36. The molecule has 1 saturated carbocycles. The van der Waals surface area contributed by atoms with Crippen molar-refractivity contribution in [2.45, 2.75) is 32.2 Å². The lowest BCUT2D eigenvalue weighted by atomic mass is 10.1. The van der Waals surface area contributed by atoms with E-state index in [2.05, 4.69) is 34.5 Å². The van der Waals surface area contributed by atoms with Crippen molar-refractivity contribution >= 4 is 11.6 Å². The molecule has 6 heteroatoms. The average Bonchev–Trinajstić information content (AvgIpc) is 3.27. The molecule has 30 heavy (non-hydrogen) atoms. The minimum atomic E-state index is -0.114. The first-order valence-corrected chi connectivity index (χ1v) is 10.2. The number of hydrogen-bond donors (Lipinski definition) is 1. The molecule has 0 saturated heterocycles. The van der Waals surface area contributed by atoms with Gasteiger partial charge >= 0.3 is 0 Å². The Morgan fingerprint density at radius 2 is 2.03 bits per heavy atom. The molecule has 1 aliphatic carbocycles. The molecule has 1 N–H and O–H groups in total. The molecule has 6 nitrogen and oxygen atoms in total. The van der Waals surface area contributed by atoms with Crippen molar-refractivity contribution in [2.75, 3.05) is 5.32 Å². The normalized spacial score (nSPS) is 13.4. The van der Waals surface area contributed by atoms with Crippen LogP contribution < -0.4 is 5.32 Å². The molecule has 4 aromatic rings. The SMILES string of the molecule is Cc1ccccc1-n1ncc(C(=O)Nc2cccc(Cn3ccnc3)c2)c1C1CC1. The molecule has 150 valence electrons. The number of benzene rings is 2. The minimum Gasteiger partial charge on any atom is -0.333 e. The van der Waals surface area contributed by atoms with Gasteiger partial charge in [0, 0.05) is 30.5 Å². The van der Waals surface area contributed by atoms with Gasteiger partial charge in [0.05, 0.1) is 29.5 Å². The Bertz CT molecular complexity index is 1190. The lowest BCUT2D eigenvalue weighted by Crippen LogP contribution is -2.14. The third kappa shape index (κ3) is 3.64. The fourth-order valence-electron chi connectivity index (χ4n) is 3.81. The molecule has 0 radical (unpaired) electrons. The lowest BCUT2D eigenvalue weighted by Gasteiger charge is -2.12. The number of nitrogens with one attached hydrogen (secondary N) is 1. The van der Waals surface area contributed by atoms with Crippen LogP contribution in [0.3, 0.4) is 0 Å². The summed E-state index contributed by atoms with van der Waals surface area (Å²) in [5.41, 5.74) is 5.71. The van der Waals surface area contributed by atoms with E-state index in [4.69, 9.17) is 0 Å². The van der Waals surface area contributed by atoms with E-state index in [1.807, 2.05) is 51.8 Å². The van der Waals surface area contributed by atoms with Crippen molar-refractivity contribution in [3.63, 3.8) is 0 Å². The van der Waals surface area contributed by atoms with Crippen molar-refractivity contribution in [3.05, 3.63) is 95.8 Å². The first kappa shape index (κ1) is 18.4. The Labute approximate surface area is 175 Å². The Kier molecular flexibility index (Phi) is 4.67. The molecule has 1 amide bonds. The largest absolute Gasteiger partial charge is 0.333 e. The van der Waals surface area contributed by atoms with Crippen LogP contribution in [0.15, 0.2) is 73.4 Å². The Hall–Kier alpha value is -3.67. The molecule has 0 spiro atoms. The summed E-state index contributed by atoms with van der Waals surface area (Å²) in [6.45, 7) is 2.78. The first-order chi connectivity index (χ1) is 14.7. The summed E-state index contributed by atoms with van der Waals surface area (Å²) in [7, 11) is 0. The van der Waals surface area contributed by atoms with E-state index in [1.54, 1.807) is 18.7 Å². The fraction of sp³-hybridized carbons (Fsp3) is 0.208. The number of aryl methyl sites for hydroxylation is 1. The third-order valence-corrected chi connectivity index (χ3v) is 5.47. The maximum absolute atomic E-state index is 13.1. The van der Waals surface area contributed by atoms with Gasteiger partial charge in [0.2, 0.25) is 0 Å². The number of rotatable bonds is 6. The van der Waals surface area contributed by atoms with Crippen LogP contribution in [0.25, 0.3) is 5.69 Å². The number of carbonyl (C=O) groups is 1. The highest BCUT2D eigenvalue weighted by atomic mass is 16.1. The highest BCUT2D eigenvalue weighted by molar-refractivity contribution is 6.05. The number of aromatic nitrogens is 4. The second-order valence-corrected chi connectivity index (χ2v) is 7.81. The third-order valence-electron chi connectivity index (χ3n) is 5.47. The standard InChI is InChI=1S/C24H23N5O/c1-17-5-2-3-8-22(17)29-23(19-9-10-19)21(14-26-29)24(30)27-20-7-4-6-18(13-20)15-28-12-11-25-16-28/h2-8,11-14,16,19H,9-10,15H2,1H3,(H,27,30). The summed E-state index contributed by atoms with van der Waals surface area (Å²) in [5, 5.41) is 7.65. The predicted octanol–water partition coefficient (Wildman–Crippen LogP) is 4.56. The van der Waals surface area contributed by atoms with E-state index in [-0.39, 0.29) is 5.91 Å². The molecule has 0 unspecified atom stereocenters. The summed E-state index contributed by atoms with van der Waals surface area (Å²) in [5.74, 6) is 0.275. The second kappa shape index (κ2) is 7.63. The molecular weight excluding hydrogens is 374 g/mol. The number of anilines is 1. The van der Waals surface area contributed by atoms with E-state index >= 15 is 0 Å². The first-order valence-electron chi connectivity index (χ1n) is 10.2. The number of carbonyl (C=O) groups excluding carboxylic acids is 1. The summed E-state index contributed by atoms with van der Waals surface area (Å²) >= 11 is 0. The van der Waals surface area contributed by atoms with Crippen LogP contribution in [-0.4, -0.2) is 25.2 Å². The molecule has 1 fully saturated rings. The molecule has 2 heterocycles. The maximum Gasteiger partial charge on any atom is 0.259 e. The zero-order chi connectivity index (χ0) is 20.5. The number of amides is 1. The zero-order valence-corrected chi connectivity index (χ0v) is 16.8. The second-order valence-electron chi connectivity index (χ2n) is 7.81. The molecular formula is C24H23N5O. The van der Waals surface area contributed by atoms with Gasteiger partial charge in [-0.25, -0.2) is 9.67 Å². The zero-order valence-electron chi connectivity index (χ0n) is 16.8. The summed E-state index contributed by atoms with van der Waals surface area (Å²) in [4.78, 5) is 17.2. The van der Waals surface area contributed by atoms with Gasteiger partial charge in [0.25, 0.3) is 5.91 Å². The van der Waals surface area contributed by atoms with Gasteiger partial charge in [-0.1, -0.05) is 30.3 Å². The average molecular weight is 397 g/mol. The van der Waals surface area contributed by atoms with Gasteiger partial charge in [0.1, 0.15) is 0 Å². The van der Waals surface area contributed by atoms with E-state index in [0.29, 0.717) is 18.0 Å². The van der Waals surface area contributed by atoms with Crippen LogP contribution >= 0.6 is 0 Å². The van der Waals surface area contributed by atoms with E-state index in [0.717, 1.165) is 41.0 Å². The Morgan fingerprint density at radius 1 is 1.17 bits per heavy atom. The van der Waals surface area contributed by atoms with Crippen molar-refractivity contribution < 1.29 is 4.79 Å². The topological polar surface area (TPSA) is 64.7 Å². The molecule has 2 aromatic carbocycles. The summed E-state index contributed by atoms with van der Waals surface area (Å²) in [6, 6.07) is 16.1. The smallest absolute Gasteiger partial charge is 0.259 e. The Morgan fingerprint density at radius 3 is 2.80 bits per heavy atom. The van der Waals surface area contributed by atoms with Crippen molar-refractivity contribution in [1.82, 2.24) is 19.3 Å². The number of nitrogens with zero attached hydrogens (tertiary/aromatic N) is 4. The highest BCUT2D eigenvalue weighted by Crippen LogP contribution is 2.42. The van der Waals surface area contributed by atoms with Crippen LogP contribution in [0.4, 0.5) is 5.69 Å². The van der Waals surface area contributed by atoms with Gasteiger partial charge in [0.15, 0.2) is 0 Å². The van der Waals surface area contributed by atoms with Crippen LogP contribution in [0.2, 0.25) is 0 Å². The molecule has 5 rings (SSSR count).